The van der Waals surface area contributed by atoms with Gasteiger partial charge >= 0.3 is 0 Å². The minimum absolute atomic E-state index is 0.0231. The van der Waals surface area contributed by atoms with E-state index in [1.54, 1.807) is 66.2 Å². The summed E-state index contributed by atoms with van der Waals surface area (Å²) >= 11 is 7.14. The summed E-state index contributed by atoms with van der Waals surface area (Å²) in [6.45, 7) is -0.162. The predicted octanol–water partition coefficient (Wildman–Crippen LogP) is 3.17. The van der Waals surface area contributed by atoms with Crippen molar-refractivity contribution in [2.45, 2.75) is 25.8 Å². The summed E-state index contributed by atoms with van der Waals surface area (Å²) in [4.78, 5) is 27.2. The Kier molecular flexibility index (Phi) is 8.90. The number of benzene rings is 2. The van der Waals surface area contributed by atoms with Gasteiger partial charge in [-0.15, -0.1) is 11.3 Å². The third-order valence-electron chi connectivity index (χ3n) is 6.23. The predicted molar refractivity (Wildman–Crippen MR) is 152 cm³/mol. The van der Waals surface area contributed by atoms with Gasteiger partial charge in [0.2, 0.25) is 15.5 Å². The topological polar surface area (TPSA) is 129 Å². The molecule has 0 fully saturated rings. The molecule has 0 saturated carbocycles. The maximum atomic E-state index is 13.2. The van der Waals surface area contributed by atoms with Crippen molar-refractivity contribution < 1.29 is 23.4 Å². The van der Waals surface area contributed by atoms with E-state index in [0.29, 0.717) is 31.2 Å². The molecular weight excluding hydrogens is 562 g/mol. The Labute approximate surface area is 235 Å². The molecule has 2 aromatic heterocycles. The summed E-state index contributed by atoms with van der Waals surface area (Å²) in [5.41, 5.74) is 1.55. The molecule has 0 spiro atoms. The maximum absolute atomic E-state index is 13.2. The molecule has 3 N–H and O–H groups in total. The normalized spacial score (nSPS) is 12.7. The Morgan fingerprint density at radius 3 is 2.38 bits per heavy atom. The van der Waals surface area contributed by atoms with Crippen LogP contribution < -0.4 is 10.7 Å². The second-order valence-corrected chi connectivity index (χ2v) is 12.7. The lowest BCUT2D eigenvalue weighted by Gasteiger charge is -2.22. The van der Waals surface area contributed by atoms with Crippen LogP contribution in [0.2, 0.25) is 5.02 Å². The smallest absolute Gasteiger partial charge is 0.257 e. The maximum Gasteiger partial charge on any atom is 0.257 e. The summed E-state index contributed by atoms with van der Waals surface area (Å²) in [5, 5.41) is 23.6. The van der Waals surface area contributed by atoms with Crippen LogP contribution in [-0.4, -0.2) is 46.2 Å². The van der Waals surface area contributed by atoms with E-state index in [9.17, 15) is 28.2 Å². The molecule has 206 valence electrons. The number of hydrogen-bond donors (Lipinski definition) is 3. The molecule has 9 nitrogen and oxygen atoms in total. The lowest BCUT2D eigenvalue weighted by Crippen LogP contribution is -2.33. The summed E-state index contributed by atoms with van der Waals surface area (Å²) in [7, 11) is -2.00. The Morgan fingerprint density at radius 2 is 1.77 bits per heavy atom. The molecule has 0 radical (unpaired) electrons. The van der Waals surface area contributed by atoms with E-state index in [1.165, 1.54) is 17.5 Å². The zero-order valence-corrected chi connectivity index (χ0v) is 23.7. The number of rotatable bonds is 10. The van der Waals surface area contributed by atoms with Crippen molar-refractivity contribution in [1.29, 1.82) is 0 Å². The van der Waals surface area contributed by atoms with Crippen LogP contribution in [0.1, 0.15) is 38.0 Å². The van der Waals surface area contributed by atoms with Crippen molar-refractivity contribution in [2.24, 2.45) is 7.05 Å². The van der Waals surface area contributed by atoms with E-state index in [1.807, 2.05) is 0 Å². The second-order valence-electron chi connectivity index (χ2n) is 9.19. The van der Waals surface area contributed by atoms with E-state index in [-0.39, 0.29) is 31.8 Å². The van der Waals surface area contributed by atoms with Crippen LogP contribution in [0.15, 0.2) is 65.6 Å². The van der Waals surface area contributed by atoms with Gasteiger partial charge in [-0.1, -0.05) is 48.0 Å². The van der Waals surface area contributed by atoms with E-state index >= 15 is 0 Å². The number of hydrogen-bond acceptors (Lipinski definition) is 7. The van der Waals surface area contributed by atoms with Gasteiger partial charge in [-0.25, -0.2) is 8.42 Å². The summed E-state index contributed by atoms with van der Waals surface area (Å²) in [6.07, 6.45) is 1.43. The van der Waals surface area contributed by atoms with Crippen molar-refractivity contribution >= 4 is 49.1 Å². The number of nitrogens with one attached hydrogen (secondary N) is 1. The van der Waals surface area contributed by atoms with Crippen LogP contribution in [0.25, 0.3) is 10.2 Å². The zero-order valence-electron chi connectivity index (χ0n) is 21.3. The molecule has 2 aromatic carbocycles. The molecule has 39 heavy (non-hydrogen) atoms. The van der Waals surface area contributed by atoms with Gasteiger partial charge in [0.1, 0.15) is 10.4 Å². The molecule has 12 heteroatoms. The molecule has 0 aliphatic heterocycles. The lowest BCUT2D eigenvalue weighted by atomic mass is 10.1. The Hall–Kier alpha value is -3.06. The number of sulfonamides is 1. The van der Waals surface area contributed by atoms with Crippen LogP contribution in [0.5, 0.6) is 0 Å². The molecule has 0 saturated heterocycles. The highest BCUT2D eigenvalue weighted by atomic mass is 35.5. The molecule has 0 aliphatic carbocycles. The highest BCUT2D eigenvalue weighted by molar-refractivity contribution is 7.88. The first-order chi connectivity index (χ1) is 18.5. The highest BCUT2D eigenvalue weighted by Gasteiger charge is 2.24. The van der Waals surface area contributed by atoms with Crippen LogP contribution >= 0.6 is 22.9 Å². The van der Waals surface area contributed by atoms with Gasteiger partial charge in [-0.3, -0.25) is 9.59 Å². The average molecular weight is 590 g/mol. The summed E-state index contributed by atoms with van der Waals surface area (Å²) in [5.74, 6) is -0.520. The quantitative estimate of drug-likeness (QED) is 0.261. The molecular formula is C27H28ClN3O6S2. The van der Waals surface area contributed by atoms with Gasteiger partial charge in [0.15, 0.2) is 0 Å². The van der Waals surface area contributed by atoms with E-state index in [2.05, 4.69) is 5.32 Å². The summed E-state index contributed by atoms with van der Waals surface area (Å²) in [6, 6.07) is 15.2. The molecule has 0 aliphatic rings. The third-order valence-corrected chi connectivity index (χ3v) is 8.91. The number of carbonyl (C=O) groups is 1. The highest BCUT2D eigenvalue weighted by Crippen LogP contribution is 2.27. The van der Waals surface area contributed by atoms with Gasteiger partial charge in [-0.05, 0) is 34.9 Å². The molecule has 4 rings (SSSR count). The van der Waals surface area contributed by atoms with Crippen molar-refractivity contribution in [3.8, 4) is 0 Å². The van der Waals surface area contributed by atoms with Gasteiger partial charge in [0.05, 0.1) is 24.4 Å². The first-order valence-electron chi connectivity index (χ1n) is 11.9. The van der Waals surface area contributed by atoms with Crippen molar-refractivity contribution in [2.75, 3.05) is 12.8 Å². The van der Waals surface area contributed by atoms with Gasteiger partial charge in [0, 0.05) is 42.8 Å². The molecule has 4 aromatic rings. The van der Waals surface area contributed by atoms with E-state index < -0.39 is 27.5 Å². The van der Waals surface area contributed by atoms with Crippen LogP contribution in [0.3, 0.4) is 0 Å². The standard InChI is InChI=1S/C27H28ClN3O6S2/c1-30-14-23(26(35)29-12-17-5-9-20(28)10-6-17)25(34)22-11-21(38-27(22)30)13-31(39(2,36)37)15-24(33)19-7-3-18(16-32)4-8-19/h3-11,14,24,32-33H,12-13,15-16H2,1-2H3,(H,29,35). The lowest BCUT2D eigenvalue weighted by molar-refractivity contribution is 0.0949. The number of thiophene rings is 1. The fourth-order valence-electron chi connectivity index (χ4n) is 4.07. The van der Waals surface area contributed by atoms with Crippen LogP contribution in [0, 0.1) is 0 Å². The van der Waals surface area contributed by atoms with Gasteiger partial charge < -0.3 is 20.1 Å². The number of halogens is 1. The Balaban J connectivity index is 1.55. The van der Waals surface area contributed by atoms with Crippen LogP contribution in [0.4, 0.5) is 0 Å². The fraction of sp³-hybridized carbons (Fsp3) is 0.259. The number of aliphatic hydroxyl groups excluding tert-OH is 2. The minimum atomic E-state index is -3.71. The molecule has 1 amide bonds. The molecule has 1 unspecified atom stereocenters. The number of aromatic nitrogens is 1. The Morgan fingerprint density at radius 1 is 1.13 bits per heavy atom. The van der Waals surface area contributed by atoms with E-state index in [4.69, 9.17) is 11.6 Å². The SMILES string of the molecule is Cn1cc(C(=O)NCc2ccc(Cl)cc2)c(=O)c2cc(CN(CC(O)c3ccc(CO)cc3)S(C)(=O)=O)sc21. The van der Waals surface area contributed by atoms with Crippen LogP contribution in [-0.2, 0) is 36.8 Å². The van der Waals surface area contributed by atoms with Gasteiger partial charge in [0.25, 0.3) is 5.91 Å². The van der Waals surface area contributed by atoms with Crippen molar-refractivity contribution in [3.05, 3.63) is 103 Å². The number of amides is 1. The second kappa shape index (κ2) is 12.0. The third kappa shape index (κ3) is 6.93. The Bertz CT molecular complexity index is 1650. The average Bonchev–Trinajstić information content (AvgIpc) is 3.34. The number of pyridine rings is 1. The number of nitrogens with zero attached hydrogens (tertiary/aromatic N) is 2. The fourth-order valence-corrected chi connectivity index (χ4v) is 6.16. The molecule has 1 atom stereocenters. The minimum Gasteiger partial charge on any atom is -0.392 e. The summed E-state index contributed by atoms with van der Waals surface area (Å²) < 4.78 is 27.9. The van der Waals surface area contributed by atoms with Gasteiger partial charge in [-0.2, -0.15) is 4.31 Å². The first-order valence-corrected chi connectivity index (χ1v) is 15.0. The number of aliphatic hydroxyl groups is 2. The number of carbonyl (C=O) groups excluding carboxylic acids is 1. The zero-order chi connectivity index (χ0) is 28.3. The van der Waals surface area contributed by atoms with E-state index in [0.717, 1.165) is 16.1 Å². The van der Waals surface area contributed by atoms with Crippen molar-refractivity contribution in [3.63, 3.8) is 0 Å². The largest absolute Gasteiger partial charge is 0.392 e. The van der Waals surface area contributed by atoms with Crippen molar-refractivity contribution in [1.82, 2.24) is 14.2 Å². The number of fused-ring (bicyclic) bond motifs is 1. The monoisotopic (exact) mass is 589 g/mol. The molecule has 2 heterocycles. The first kappa shape index (κ1) is 28.9. The number of aryl methyl sites for hydroxylation is 1. The molecule has 0 bridgehead atoms.